The Hall–Kier alpha value is -0.700. The molecule has 1 saturated carbocycles. The first kappa shape index (κ1) is 12.7. The van der Waals surface area contributed by atoms with E-state index in [-0.39, 0.29) is 0 Å². The molecule has 0 aliphatic heterocycles. The van der Waals surface area contributed by atoms with Crippen molar-refractivity contribution in [2.75, 3.05) is 5.73 Å². The lowest BCUT2D eigenvalue weighted by Gasteiger charge is -2.16. The van der Waals surface area contributed by atoms with Crippen molar-refractivity contribution in [3.63, 3.8) is 0 Å². The van der Waals surface area contributed by atoms with Gasteiger partial charge in [-0.15, -0.1) is 0 Å². The summed E-state index contributed by atoms with van der Waals surface area (Å²) >= 11 is 6.11. The number of hydrogen-bond donors (Lipinski definition) is 1. The molecule has 0 amide bonds. The number of halogens is 1. The van der Waals surface area contributed by atoms with E-state index in [4.69, 9.17) is 17.3 Å². The first-order valence-corrected chi connectivity index (χ1v) is 7.01. The van der Waals surface area contributed by atoms with Crippen molar-refractivity contribution in [1.82, 2.24) is 9.78 Å². The predicted octanol–water partition coefficient (Wildman–Crippen LogP) is 3.96. The average Bonchev–Trinajstić information content (AvgIpc) is 2.55. The van der Waals surface area contributed by atoms with Crippen molar-refractivity contribution in [2.24, 2.45) is 5.92 Å². The van der Waals surface area contributed by atoms with Gasteiger partial charge in [0.05, 0.1) is 11.7 Å². The van der Waals surface area contributed by atoms with Gasteiger partial charge in [0, 0.05) is 0 Å². The molecule has 1 aromatic heterocycles. The number of rotatable bonds is 2. The molecule has 2 atom stereocenters. The minimum absolute atomic E-state index is 0.442. The Morgan fingerprint density at radius 2 is 2.12 bits per heavy atom. The lowest BCUT2D eigenvalue weighted by Crippen LogP contribution is -2.13. The third-order valence-corrected chi connectivity index (χ3v) is 4.50. The molecular formula is C13H22ClN3. The molecule has 96 valence electrons. The Labute approximate surface area is 108 Å². The molecular weight excluding hydrogens is 234 g/mol. The Morgan fingerprint density at radius 1 is 1.35 bits per heavy atom. The zero-order valence-corrected chi connectivity index (χ0v) is 11.5. The number of anilines is 1. The standard InChI is InChI=1S/C13H22ClN3/c1-3-10-5-4-6-11(8-7-10)17-13(15)12(14)9(2)16-17/h10-11H,3-8,15H2,1-2H3. The predicted molar refractivity (Wildman–Crippen MR) is 72.3 cm³/mol. The van der Waals surface area contributed by atoms with Crippen molar-refractivity contribution >= 4 is 17.4 Å². The molecule has 2 unspecified atom stereocenters. The minimum atomic E-state index is 0.442. The van der Waals surface area contributed by atoms with Crippen LogP contribution in [0.2, 0.25) is 5.02 Å². The van der Waals surface area contributed by atoms with E-state index in [0.29, 0.717) is 16.9 Å². The minimum Gasteiger partial charge on any atom is -0.383 e. The Balaban J connectivity index is 2.14. The van der Waals surface area contributed by atoms with E-state index in [1.807, 2.05) is 11.6 Å². The smallest absolute Gasteiger partial charge is 0.141 e. The van der Waals surface area contributed by atoms with Gasteiger partial charge < -0.3 is 5.73 Å². The van der Waals surface area contributed by atoms with E-state index in [2.05, 4.69) is 12.0 Å². The number of hydrogen-bond acceptors (Lipinski definition) is 2. The quantitative estimate of drug-likeness (QED) is 0.813. The van der Waals surface area contributed by atoms with Crippen LogP contribution in [0, 0.1) is 12.8 Å². The topological polar surface area (TPSA) is 43.8 Å². The second kappa shape index (κ2) is 5.30. The van der Waals surface area contributed by atoms with Crippen LogP contribution >= 0.6 is 11.6 Å². The summed E-state index contributed by atoms with van der Waals surface area (Å²) in [5.74, 6) is 1.53. The molecule has 1 heterocycles. The molecule has 17 heavy (non-hydrogen) atoms. The van der Waals surface area contributed by atoms with Crippen molar-refractivity contribution in [3.8, 4) is 0 Å². The SMILES string of the molecule is CCC1CCCC(n2nc(C)c(Cl)c2N)CC1. The second-order valence-corrected chi connectivity index (χ2v) is 5.54. The highest BCUT2D eigenvalue weighted by molar-refractivity contribution is 6.33. The van der Waals surface area contributed by atoms with Crippen LogP contribution in [0.4, 0.5) is 5.82 Å². The molecule has 0 aromatic carbocycles. The molecule has 1 aromatic rings. The zero-order chi connectivity index (χ0) is 12.4. The van der Waals surface area contributed by atoms with Crippen LogP contribution in [0.1, 0.15) is 57.2 Å². The largest absolute Gasteiger partial charge is 0.383 e. The highest BCUT2D eigenvalue weighted by Gasteiger charge is 2.22. The number of nitrogen functional groups attached to an aromatic ring is 1. The van der Waals surface area contributed by atoms with Gasteiger partial charge in [0.25, 0.3) is 0 Å². The van der Waals surface area contributed by atoms with E-state index in [9.17, 15) is 0 Å². The van der Waals surface area contributed by atoms with Crippen molar-refractivity contribution < 1.29 is 0 Å². The highest BCUT2D eigenvalue weighted by atomic mass is 35.5. The van der Waals surface area contributed by atoms with Gasteiger partial charge in [0.2, 0.25) is 0 Å². The van der Waals surface area contributed by atoms with Crippen LogP contribution in [0.3, 0.4) is 0 Å². The number of aromatic nitrogens is 2. The van der Waals surface area contributed by atoms with Crippen LogP contribution in [0.15, 0.2) is 0 Å². The monoisotopic (exact) mass is 255 g/mol. The molecule has 3 nitrogen and oxygen atoms in total. The second-order valence-electron chi connectivity index (χ2n) is 5.17. The summed E-state index contributed by atoms with van der Waals surface area (Å²) in [4.78, 5) is 0. The summed E-state index contributed by atoms with van der Waals surface area (Å²) in [6.45, 7) is 4.20. The molecule has 4 heteroatoms. The summed E-state index contributed by atoms with van der Waals surface area (Å²) in [5, 5.41) is 5.11. The van der Waals surface area contributed by atoms with Crippen LogP contribution < -0.4 is 5.73 Å². The van der Waals surface area contributed by atoms with Gasteiger partial charge in [0.1, 0.15) is 10.8 Å². The molecule has 0 saturated heterocycles. The lowest BCUT2D eigenvalue weighted by molar-refractivity contribution is 0.393. The third-order valence-electron chi connectivity index (χ3n) is 4.03. The van der Waals surface area contributed by atoms with Gasteiger partial charge in [-0.25, -0.2) is 4.68 Å². The molecule has 0 spiro atoms. The van der Waals surface area contributed by atoms with Crippen molar-refractivity contribution in [1.29, 1.82) is 0 Å². The number of nitrogens with zero attached hydrogens (tertiary/aromatic N) is 2. The lowest BCUT2D eigenvalue weighted by atomic mass is 9.98. The van der Waals surface area contributed by atoms with Gasteiger partial charge >= 0.3 is 0 Å². The van der Waals surface area contributed by atoms with Crippen LogP contribution in [0.5, 0.6) is 0 Å². The summed E-state index contributed by atoms with van der Waals surface area (Å²) in [5.41, 5.74) is 6.87. The molecule has 2 N–H and O–H groups in total. The Bertz CT molecular complexity index is 386. The fourth-order valence-electron chi connectivity index (χ4n) is 2.84. The van der Waals surface area contributed by atoms with Crippen molar-refractivity contribution in [3.05, 3.63) is 10.7 Å². The molecule has 0 bridgehead atoms. The van der Waals surface area contributed by atoms with E-state index >= 15 is 0 Å². The van der Waals surface area contributed by atoms with Crippen LogP contribution in [0.25, 0.3) is 0 Å². The van der Waals surface area contributed by atoms with Crippen LogP contribution in [-0.2, 0) is 0 Å². The van der Waals surface area contributed by atoms with E-state index in [1.54, 1.807) is 0 Å². The maximum atomic E-state index is 6.11. The molecule has 2 rings (SSSR count). The Kier molecular flexibility index (Phi) is 3.97. The van der Waals surface area contributed by atoms with Crippen LogP contribution in [-0.4, -0.2) is 9.78 Å². The maximum absolute atomic E-state index is 6.11. The summed E-state index contributed by atoms with van der Waals surface area (Å²) < 4.78 is 1.95. The fraction of sp³-hybridized carbons (Fsp3) is 0.769. The third kappa shape index (κ3) is 2.59. The zero-order valence-electron chi connectivity index (χ0n) is 10.7. The normalized spacial score (nSPS) is 25.8. The summed E-state index contributed by atoms with van der Waals surface area (Å²) in [6, 6.07) is 0.442. The molecule has 1 aliphatic carbocycles. The average molecular weight is 256 g/mol. The van der Waals surface area contributed by atoms with E-state index < -0.39 is 0 Å². The fourth-order valence-corrected chi connectivity index (χ4v) is 2.96. The first-order valence-electron chi connectivity index (χ1n) is 6.63. The molecule has 0 radical (unpaired) electrons. The van der Waals surface area contributed by atoms with Gasteiger partial charge in [-0.05, 0) is 32.1 Å². The van der Waals surface area contributed by atoms with Gasteiger partial charge in [-0.1, -0.05) is 37.8 Å². The van der Waals surface area contributed by atoms with Crippen molar-refractivity contribution in [2.45, 2.75) is 58.4 Å². The molecule has 1 fully saturated rings. The van der Waals surface area contributed by atoms with Gasteiger partial charge in [-0.2, -0.15) is 5.10 Å². The highest BCUT2D eigenvalue weighted by Crippen LogP contribution is 2.35. The van der Waals surface area contributed by atoms with E-state index in [1.165, 1.54) is 38.5 Å². The van der Waals surface area contributed by atoms with E-state index in [0.717, 1.165) is 11.6 Å². The number of nitrogens with two attached hydrogens (primary N) is 1. The number of aryl methyl sites for hydroxylation is 1. The van der Waals surface area contributed by atoms with Gasteiger partial charge in [0.15, 0.2) is 0 Å². The summed E-state index contributed by atoms with van der Waals surface area (Å²) in [6.07, 6.45) is 7.57. The molecule has 1 aliphatic rings. The summed E-state index contributed by atoms with van der Waals surface area (Å²) in [7, 11) is 0. The van der Waals surface area contributed by atoms with Gasteiger partial charge in [-0.3, -0.25) is 0 Å². The first-order chi connectivity index (χ1) is 8.13. The Morgan fingerprint density at radius 3 is 2.71 bits per heavy atom. The maximum Gasteiger partial charge on any atom is 0.141 e.